The molecule has 8 nitrogen and oxygen atoms in total. The highest BCUT2D eigenvalue weighted by Gasteiger charge is 2.29. The molecule has 0 radical (unpaired) electrons. The highest BCUT2D eigenvalue weighted by atomic mass is 32.2. The number of rotatable bonds is 5. The summed E-state index contributed by atoms with van der Waals surface area (Å²) in [7, 11) is -2.61. The second-order valence-corrected chi connectivity index (χ2v) is 7.08. The van der Waals surface area contributed by atoms with Gasteiger partial charge in [0.05, 0.1) is 0 Å². The lowest BCUT2D eigenvalue weighted by molar-refractivity contribution is 0.291. The van der Waals surface area contributed by atoms with Crippen LogP contribution in [0.5, 0.6) is 0 Å². The summed E-state index contributed by atoms with van der Waals surface area (Å²) in [4.78, 5) is 25.9. The molecule has 19 heavy (non-hydrogen) atoms. The van der Waals surface area contributed by atoms with Crippen LogP contribution in [0.2, 0.25) is 0 Å². The molecule has 0 spiro atoms. The molecule has 0 aliphatic heterocycles. The van der Waals surface area contributed by atoms with E-state index in [4.69, 9.17) is 5.73 Å². The van der Waals surface area contributed by atoms with Gasteiger partial charge in [-0.05, 0) is 12.0 Å². The number of sulfonamides is 1. The van der Waals surface area contributed by atoms with Crippen LogP contribution in [-0.4, -0.2) is 42.8 Å². The quantitative estimate of drug-likeness (QED) is 0.618. The second-order valence-electron chi connectivity index (χ2n) is 5.07. The largest absolute Gasteiger partial charge is 0.330 e. The smallest absolute Gasteiger partial charge is 0.325 e. The maximum absolute atomic E-state index is 12.2. The van der Waals surface area contributed by atoms with E-state index < -0.39 is 31.6 Å². The molecule has 0 bridgehead atoms. The molecule has 0 aromatic carbocycles. The number of hydrogen-bond donors (Lipinski definition) is 3. The third-order valence-electron chi connectivity index (χ3n) is 2.68. The topological polar surface area (TPSA) is 129 Å². The highest BCUT2D eigenvalue weighted by molar-refractivity contribution is 7.89. The molecule has 4 N–H and O–H groups in total. The minimum atomic E-state index is -3.97. The van der Waals surface area contributed by atoms with Gasteiger partial charge in [-0.15, -0.1) is 0 Å². The van der Waals surface area contributed by atoms with E-state index in [2.05, 4.69) is 4.98 Å². The lowest BCUT2D eigenvalue weighted by Gasteiger charge is -2.28. The van der Waals surface area contributed by atoms with Gasteiger partial charge in [0.25, 0.3) is 5.56 Å². The Morgan fingerprint density at radius 2 is 1.95 bits per heavy atom. The molecule has 0 fully saturated rings. The van der Waals surface area contributed by atoms with Crippen molar-refractivity contribution in [3.8, 4) is 0 Å². The first-order valence-electron chi connectivity index (χ1n) is 5.58. The SMILES string of the molecule is CN(CC(C)(C)CN)S(=O)(=O)c1c[nH]c(=O)[nH]c1=O. The van der Waals surface area contributed by atoms with Gasteiger partial charge < -0.3 is 10.7 Å². The zero-order valence-corrected chi connectivity index (χ0v) is 11.9. The van der Waals surface area contributed by atoms with E-state index in [0.717, 1.165) is 10.5 Å². The van der Waals surface area contributed by atoms with Crippen molar-refractivity contribution in [1.29, 1.82) is 0 Å². The average Bonchev–Trinajstić information content (AvgIpc) is 2.27. The van der Waals surface area contributed by atoms with Gasteiger partial charge in [-0.2, -0.15) is 0 Å². The summed E-state index contributed by atoms with van der Waals surface area (Å²) >= 11 is 0. The average molecular weight is 290 g/mol. The maximum Gasteiger partial charge on any atom is 0.325 e. The van der Waals surface area contributed by atoms with Gasteiger partial charge in [0.1, 0.15) is 0 Å². The molecule has 0 aliphatic carbocycles. The second kappa shape index (κ2) is 5.27. The van der Waals surface area contributed by atoms with Crippen molar-refractivity contribution in [2.45, 2.75) is 18.7 Å². The summed E-state index contributed by atoms with van der Waals surface area (Å²) < 4.78 is 25.4. The fraction of sp³-hybridized carbons (Fsp3) is 0.600. The lowest BCUT2D eigenvalue weighted by Crippen LogP contribution is -2.41. The Balaban J connectivity index is 3.18. The van der Waals surface area contributed by atoms with Gasteiger partial charge in [0.15, 0.2) is 4.90 Å². The molecule has 9 heteroatoms. The van der Waals surface area contributed by atoms with Crippen LogP contribution < -0.4 is 17.0 Å². The fourth-order valence-electron chi connectivity index (χ4n) is 1.51. The van der Waals surface area contributed by atoms with Crippen LogP contribution in [0.1, 0.15) is 13.8 Å². The summed E-state index contributed by atoms with van der Waals surface area (Å²) in [5.74, 6) is 0. The standard InChI is InChI=1S/C10H18N4O4S/c1-10(2,5-11)6-14(3)19(17,18)7-4-12-9(16)13-8(7)15/h4H,5-6,11H2,1-3H3,(H2,12,13,15,16). The Kier molecular flexibility index (Phi) is 4.33. The molecular formula is C10H18N4O4S. The fourth-order valence-corrected chi connectivity index (χ4v) is 2.86. The molecule has 1 aromatic heterocycles. The lowest BCUT2D eigenvalue weighted by atomic mass is 9.94. The van der Waals surface area contributed by atoms with Gasteiger partial charge in [0, 0.05) is 19.8 Å². The summed E-state index contributed by atoms with van der Waals surface area (Å²) in [5, 5.41) is 0. The van der Waals surface area contributed by atoms with Crippen LogP contribution >= 0.6 is 0 Å². The van der Waals surface area contributed by atoms with Crippen LogP contribution in [0.4, 0.5) is 0 Å². The van der Waals surface area contributed by atoms with E-state index in [1.807, 2.05) is 18.8 Å². The number of H-pyrrole nitrogens is 2. The van der Waals surface area contributed by atoms with E-state index in [0.29, 0.717) is 6.54 Å². The van der Waals surface area contributed by atoms with E-state index in [-0.39, 0.29) is 6.54 Å². The number of hydrogen-bond acceptors (Lipinski definition) is 5. The Bertz CT molecular complexity index is 659. The first kappa shape index (κ1) is 15.6. The van der Waals surface area contributed by atoms with Crippen LogP contribution in [0, 0.1) is 5.41 Å². The summed E-state index contributed by atoms with van der Waals surface area (Å²) in [5.41, 5.74) is 3.43. The van der Waals surface area contributed by atoms with Gasteiger partial charge in [-0.3, -0.25) is 9.78 Å². The molecule has 0 unspecified atom stereocenters. The number of aromatic nitrogens is 2. The summed E-state index contributed by atoms with van der Waals surface area (Å²) in [6.07, 6.45) is 0.891. The Morgan fingerprint density at radius 1 is 1.37 bits per heavy atom. The molecule has 0 atom stereocenters. The Morgan fingerprint density at radius 3 is 2.42 bits per heavy atom. The molecule has 108 valence electrons. The first-order valence-corrected chi connectivity index (χ1v) is 7.02. The van der Waals surface area contributed by atoms with Gasteiger partial charge in [-0.25, -0.2) is 17.5 Å². The van der Waals surface area contributed by atoms with Crippen molar-refractivity contribution >= 4 is 10.0 Å². The number of aromatic amines is 2. The molecule has 1 aromatic rings. The molecule has 0 saturated carbocycles. The zero-order valence-electron chi connectivity index (χ0n) is 11.1. The highest BCUT2D eigenvalue weighted by Crippen LogP contribution is 2.18. The van der Waals surface area contributed by atoms with E-state index in [9.17, 15) is 18.0 Å². The van der Waals surface area contributed by atoms with Crippen molar-refractivity contribution < 1.29 is 8.42 Å². The molecule has 1 heterocycles. The Hall–Kier alpha value is -1.45. The van der Waals surface area contributed by atoms with Crippen molar-refractivity contribution in [1.82, 2.24) is 14.3 Å². The number of nitrogens with one attached hydrogen (secondary N) is 2. The summed E-state index contributed by atoms with van der Waals surface area (Å²) in [6.45, 7) is 4.09. The third kappa shape index (κ3) is 3.52. The van der Waals surface area contributed by atoms with Crippen molar-refractivity contribution in [3.05, 3.63) is 27.0 Å². The minimum absolute atomic E-state index is 0.157. The van der Waals surface area contributed by atoms with Crippen LogP contribution in [0.3, 0.4) is 0 Å². The first-order chi connectivity index (χ1) is 8.60. The van der Waals surface area contributed by atoms with E-state index in [1.165, 1.54) is 7.05 Å². The minimum Gasteiger partial charge on any atom is -0.330 e. The monoisotopic (exact) mass is 290 g/mol. The van der Waals surface area contributed by atoms with Gasteiger partial charge in [0.2, 0.25) is 10.0 Å². The number of nitrogens with zero attached hydrogens (tertiary/aromatic N) is 1. The predicted molar refractivity (Wildman–Crippen MR) is 70.3 cm³/mol. The van der Waals surface area contributed by atoms with Crippen molar-refractivity contribution in [2.24, 2.45) is 11.1 Å². The van der Waals surface area contributed by atoms with E-state index in [1.54, 1.807) is 0 Å². The third-order valence-corrected chi connectivity index (χ3v) is 4.49. The maximum atomic E-state index is 12.2. The number of nitrogens with two attached hydrogens (primary N) is 1. The van der Waals surface area contributed by atoms with Crippen LogP contribution in [0.15, 0.2) is 20.7 Å². The van der Waals surface area contributed by atoms with E-state index >= 15 is 0 Å². The Labute approximate surface area is 110 Å². The van der Waals surface area contributed by atoms with Crippen LogP contribution in [-0.2, 0) is 10.0 Å². The summed E-state index contributed by atoms with van der Waals surface area (Å²) in [6, 6.07) is 0. The van der Waals surface area contributed by atoms with Crippen molar-refractivity contribution in [2.75, 3.05) is 20.1 Å². The van der Waals surface area contributed by atoms with Gasteiger partial charge >= 0.3 is 5.69 Å². The van der Waals surface area contributed by atoms with Crippen molar-refractivity contribution in [3.63, 3.8) is 0 Å². The normalized spacial score (nSPS) is 12.9. The van der Waals surface area contributed by atoms with Gasteiger partial charge in [-0.1, -0.05) is 13.8 Å². The predicted octanol–water partition coefficient (Wildman–Crippen LogP) is -1.33. The molecule has 1 rings (SSSR count). The molecule has 0 amide bonds. The zero-order chi connectivity index (χ0) is 14.8. The molecule has 0 aliphatic rings. The molecule has 0 saturated heterocycles. The van der Waals surface area contributed by atoms with Crippen LogP contribution in [0.25, 0.3) is 0 Å². The molecular weight excluding hydrogens is 272 g/mol.